The minimum atomic E-state index is -0.107. The Morgan fingerprint density at radius 1 is 1.35 bits per heavy atom. The molecule has 4 heteroatoms. The predicted molar refractivity (Wildman–Crippen MR) is 87.4 cm³/mol. The third kappa shape index (κ3) is 3.48. The van der Waals surface area contributed by atoms with Crippen LogP contribution in [-0.2, 0) is 6.42 Å². The van der Waals surface area contributed by atoms with Crippen molar-refractivity contribution >= 4 is 24.5 Å². The molecule has 0 saturated heterocycles. The van der Waals surface area contributed by atoms with E-state index in [4.69, 9.17) is 0 Å². The lowest BCUT2D eigenvalue weighted by molar-refractivity contribution is 0.242. The highest BCUT2D eigenvalue weighted by molar-refractivity contribution is 7.82. The summed E-state index contributed by atoms with van der Waals surface area (Å²) in [6.45, 7) is 4.12. The number of nitrogens with one attached hydrogen (secondary N) is 1. The molecule has 3 nitrogen and oxygen atoms in total. The van der Waals surface area contributed by atoms with Gasteiger partial charge >= 0.3 is 6.03 Å². The van der Waals surface area contributed by atoms with E-state index in [1.165, 1.54) is 23.6 Å². The molecule has 1 aliphatic rings. The first-order chi connectivity index (χ1) is 9.63. The number of nitrogens with zero attached hydrogens (tertiary/aromatic N) is 1. The van der Waals surface area contributed by atoms with Gasteiger partial charge in [-0.1, -0.05) is 57.2 Å². The molecule has 0 aromatic heterocycles. The number of benzene rings is 1. The van der Waals surface area contributed by atoms with Crippen LogP contribution in [0.2, 0.25) is 0 Å². The maximum atomic E-state index is 12.4. The molecule has 0 bridgehead atoms. The number of carbonyl (C=O) groups excluding carboxylic acids is 1. The van der Waals surface area contributed by atoms with Gasteiger partial charge in [0.1, 0.15) is 0 Å². The number of urea groups is 1. The van der Waals surface area contributed by atoms with Gasteiger partial charge in [-0.05, 0) is 37.3 Å². The second-order valence-corrected chi connectivity index (χ2v) is 5.93. The summed E-state index contributed by atoms with van der Waals surface area (Å²) in [5.74, 6) is 0. The summed E-state index contributed by atoms with van der Waals surface area (Å²) in [6, 6.07) is 6.30. The first kappa shape index (κ1) is 15.2. The Labute approximate surface area is 127 Å². The van der Waals surface area contributed by atoms with Crippen LogP contribution >= 0.6 is 12.8 Å². The fourth-order valence-corrected chi connectivity index (χ4v) is 3.24. The van der Waals surface area contributed by atoms with Crippen LogP contribution < -0.4 is 9.62 Å². The van der Waals surface area contributed by atoms with Gasteiger partial charge in [0, 0.05) is 6.04 Å². The molecule has 20 heavy (non-hydrogen) atoms. The fourth-order valence-electron chi connectivity index (χ4n) is 2.89. The number of hydrogen-bond acceptors (Lipinski definition) is 2. The summed E-state index contributed by atoms with van der Waals surface area (Å²) in [5, 5.41) is 3.11. The molecule has 0 unspecified atom stereocenters. The molecular weight excluding hydrogens is 268 g/mol. The summed E-state index contributed by atoms with van der Waals surface area (Å²) in [4.78, 5) is 12.4. The van der Waals surface area contributed by atoms with E-state index >= 15 is 0 Å². The van der Waals surface area contributed by atoms with Crippen LogP contribution in [0.1, 0.15) is 50.2 Å². The molecule has 2 amide bonds. The van der Waals surface area contributed by atoms with E-state index in [0.29, 0.717) is 6.04 Å². The average Bonchev–Trinajstić information content (AvgIpc) is 2.47. The summed E-state index contributed by atoms with van der Waals surface area (Å²) in [6.07, 6.45) is 6.77. The highest BCUT2D eigenvalue weighted by atomic mass is 32.1. The van der Waals surface area contributed by atoms with Crippen molar-refractivity contribution in [3.63, 3.8) is 0 Å². The fraction of sp³-hybridized carbons (Fsp3) is 0.562. The van der Waals surface area contributed by atoms with Crippen LogP contribution in [0.15, 0.2) is 18.2 Å². The lowest BCUT2D eigenvalue weighted by Crippen LogP contribution is -2.42. The number of carbonyl (C=O) groups is 1. The molecule has 1 aromatic carbocycles. The first-order valence-corrected chi connectivity index (χ1v) is 7.91. The van der Waals surface area contributed by atoms with Crippen LogP contribution in [0.5, 0.6) is 0 Å². The smallest absolute Gasteiger partial charge is 0.332 e. The minimum Gasteiger partial charge on any atom is -0.334 e. The molecule has 1 fully saturated rings. The number of anilines is 1. The maximum Gasteiger partial charge on any atom is 0.332 e. The zero-order valence-electron chi connectivity index (χ0n) is 12.4. The van der Waals surface area contributed by atoms with Crippen LogP contribution in [0, 0.1) is 6.92 Å². The quantitative estimate of drug-likeness (QED) is 0.802. The van der Waals surface area contributed by atoms with E-state index < -0.39 is 0 Å². The monoisotopic (exact) mass is 292 g/mol. The van der Waals surface area contributed by atoms with Crippen molar-refractivity contribution in [3.8, 4) is 0 Å². The van der Waals surface area contributed by atoms with Gasteiger partial charge in [-0.25, -0.2) is 9.10 Å². The van der Waals surface area contributed by atoms with E-state index in [9.17, 15) is 4.79 Å². The van der Waals surface area contributed by atoms with Gasteiger partial charge in [-0.2, -0.15) is 0 Å². The van der Waals surface area contributed by atoms with Crippen molar-refractivity contribution in [3.05, 3.63) is 29.3 Å². The second kappa shape index (κ2) is 7.02. The third-order valence-electron chi connectivity index (χ3n) is 4.04. The highest BCUT2D eigenvalue weighted by Gasteiger charge is 2.21. The van der Waals surface area contributed by atoms with E-state index in [0.717, 1.165) is 36.1 Å². The molecule has 1 aliphatic carbocycles. The molecule has 0 radical (unpaired) electrons. The highest BCUT2D eigenvalue weighted by Crippen LogP contribution is 2.27. The van der Waals surface area contributed by atoms with E-state index in [1.54, 1.807) is 0 Å². The average molecular weight is 292 g/mol. The summed E-state index contributed by atoms with van der Waals surface area (Å²) in [5.41, 5.74) is 3.16. The Bertz CT molecular complexity index is 470. The number of para-hydroxylation sites is 1. The normalized spacial score (nSPS) is 15.9. The molecule has 0 atom stereocenters. The Kier molecular flexibility index (Phi) is 5.35. The van der Waals surface area contributed by atoms with Gasteiger partial charge in [0.15, 0.2) is 0 Å². The van der Waals surface area contributed by atoms with Gasteiger partial charge in [0.2, 0.25) is 0 Å². The Hall–Kier alpha value is -1.16. The Morgan fingerprint density at radius 3 is 2.70 bits per heavy atom. The van der Waals surface area contributed by atoms with Crippen molar-refractivity contribution in [2.24, 2.45) is 0 Å². The lowest BCUT2D eigenvalue weighted by Gasteiger charge is -2.27. The second-order valence-electron chi connectivity index (χ2n) is 5.53. The standard InChI is InChI=1S/C16H24N2OS/c1-3-13-9-7-8-12(2)15(13)18(20)16(19)17-14-10-5-4-6-11-14/h7-9,14,20H,3-6,10-11H2,1-2H3,(H,17,19). The van der Waals surface area contributed by atoms with Gasteiger partial charge < -0.3 is 5.32 Å². The van der Waals surface area contributed by atoms with E-state index in [1.807, 2.05) is 19.1 Å². The molecule has 0 spiro atoms. The molecule has 110 valence electrons. The van der Waals surface area contributed by atoms with E-state index in [-0.39, 0.29) is 6.03 Å². The van der Waals surface area contributed by atoms with Crippen molar-refractivity contribution in [1.82, 2.24) is 5.32 Å². The van der Waals surface area contributed by atoms with Gasteiger partial charge in [0.05, 0.1) is 5.69 Å². The van der Waals surface area contributed by atoms with Gasteiger partial charge in [0.25, 0.3) is 0 Å². The van der Waals surface area contributed by atoms with Crippen LogP contribution in [-0.4, -0.2) is 12.1 Å². The van der Waals surface area contributed by atoms with Crippen molar-refractivity contribution in [1.29, 1.82) is 0 Å². The van der Waals surface area contributed by atoms with Crippen molar-refractivity contribution in [2.75, 3.05) is 4.31 Å². The zero-order chi connectivity index (χ0) is 14.5. The SMILES string of the molecule is CCc1cccc(C)c1N(S)C(=O)NC1CCCCC1. The molecule has 1 saturated carbocycles. The van der Waals surface area contributed by atoms with Crippen molar-refractivity contribution in [2.45, 2.75) is 58.4 Å². The molecule has 0 aliphatic heterocycles. The van der Waals surface area contributed by atoms with E-state index in [2.05, 4.69) is 31.1 Å². The Morgan fingerprint density at radius 2 is 2.05 bits per heavy atom. The lowest BCUT2D eigenvalue weighted by atomic mass is 9.96. The van der Waals surface area contributed by atoms with Crippen LogP contribution in [0.25, 0.3) is 0 Å². The minimum absolute atomic E-state index is 0.107. The van der Waals surface area contributed by atoms with Crippen LogP contribution in [0.4, 0.5) is 10.5 Å². The molecule has 1 N–H and O–H groups in total. The molecule has 1 aromatic rings. The number of thiol groups is 1. The Balaban J connectivity index is 2.10. The third-order valence-corrected chi connectivity index (χ3v) is 4.42. The zero-order valence-corrected chi connectivity index (χ0v) is 13.2. The topological polar surface area (TPSA) is 32.3 Å². The first-order valence-electron chi connectivity index (χ1n) is 7.51. The van der Waals surface area contributed by atoms with Crippen LogP contribution in [0.3, 0.4) is 0 Å². The largest absolute Gasteiger partial charge is 0.334 e. The number of amides is 2. The number of hydrogen-bond donors (Lipinski definition) is 2. The number of rotatable bonds is 3. The summed E-state index contributed by atoms with van der Waals surface area (Å²) >= 11 is 4.43. The van der Waals surface area contributed by atoms with Crippen molar-refractivity contribution < 1.29 is 4.79 Å². The summed E-state index contributed by atoms with van der Waals surface area (Å²) < 4.78 is 1.47. The predicted octanol–water partition coefficient (Wildman–Crippen LogP) is 4.25. The summed E-state index contributed by atoms with van der Waals surface area (Å²) in [7, 11) is 0. The van der Waals surface area contributed by atoms with Gasteiger partial charge in [-0.15, -0.1) is 0 Å². The molecule has 0 heterocycles. The molecule has 2 rings (SSSR count). The van der Waals surface area contributed by atoms with Gasteiger partial charge in [-0.3, -0.25) is 0 Å². The maximum absolute atomic E-state index is 12.4. The molecular formula is C16H24N2OS. The number of aryl methyl sites for hydroxylation is 2.